The maximum atomic E-state index is 6.99. The summed E-state index contributed by atoms with van der Waals surface area (Å²) in [4.78, 5) is 0. The van der Waals surface area contributed by atoms with Gasteiger partial charge in [0.05, 0.1) is 25.0 Å². The molecule has 4 unspecified atom stereocenters. The van der Waals surface area contributed by atoms with Crippen molar-refractivity contribution in [2.24, 2.45) is 0 Å². The summed E-state index contributed by atoms with van der Waals surface area (Å²) in [5.41, 5.74) is 14.9. The quantitative estimate of drug-likeness (QED) is 0.0355. The lowest BCUT2D eigenvalue weighted by molar-refractivity contribution is 0.337. The van der Waals surface area contributed by atoms with E-state index in [9.17, 15) is 0 Å². The van der Waals surface area contributed by atoms with Crippen molar-refractivity contribution in [3.8, 4) is 46.0 Å². The fourth-order valence-electron chi connectivity index (χ4n) is 12.4. The summed E-state index contributed by atoms with van der Waals surface area (Å²) in [6, 6.07) is 52.1. The molecule has 8 nitrogen and oxygen atoms in total. The van der Waals surface area contributed by atoms with Gasteiger partial charge in [-0.25, -0.2) is 0 Å². The summed E-state index contributed by atoms with van der Waals surface area (Å²) in [7, 11) is 0. The van der Waals surface area contributed by atoms with Gasteiger partial charge in [-0.3, -0.25) is 0 Å². The zero-order valence-electron chi connectivity index (χ0n) is 54.8. The molecule has 92 heavy (non-hydrogen) atoms. The molecule has 0 fully saturated rings. The van der Waals surface area contributed by atoms with E-state index in [-0.39, 0.29) is 50.1 Å². The van der Waals surface area contributed by atoms with Crippen LogP contribution >= 0.6 is 0 Å². The van der Waals surface area contributed by atoms with Crippen molar-refractivity contribution < 1.29 is 37.9 Å². The molecule has 0 aliphatic heterocycles. The number of fused-ring (bicyclic) bond motifs is 8. The zero-order chi connectivity index (χ0) is 65.6. The average Bonchev–Trinajstić information content (AvgIpc) is 0.750. The summed E-state index contributed by atoms with van der Waals surface area (Å²) in [6.45, 7) is 51.5. The lowest BCUT2D eigenvalue weighted by Crippen LogP contribution is -2.17. The minimum Gasteiger partial charge on any atom is -0.489 e. The fourth-order valence-corrected chi connectivity index (χ4v) is 12.4. The Kier molecular flexibility index (Phi) is 22.2. The average molecular weight is 1230 g/mol. The predicted octanol–water partition coefficient (Wildman–Crippen LogP) is 21.6. The number of hydrogen-bond donors (Lipinski definition) is 0. The molecule has 8 heteroatoms. The van der Waals surface area contributed by atoms with E-state index in [1.165, 1.54) is 47.3 Å². The highest BCUT2D eigenvalue weighted by atomic mass is 16.5. The van der Waals surface area contributed by atoms with E-state index < -0.39 is 23.7 Å². The van der Waals surface area contributed by atoms with E-state index >= 15 is 0 Å². The van der Waals surface area contributed by atoms with E-state index in [0.29, 0.717) is 46.0 Å². The van der Waals surface area contributed by atoms with Gasteiger partial charge in [-0.1, -0.05) is 229 Å². The Balaban J connectivity index is 1.62. The molecule has 9 rings (SSSR count). The molecule has 4 atom stereocenters. The standard InChI is InChI=1S/C84H88O8/c1-17-41-89-77-50-75(87-23-7)67-46-69(77)83(63-37-29-59(30-38-63)55(13)14)71-48-72(80(92-44-20-4)52-79(71)91-43-19-3)84(64-39-31-60(32-40-64)56(15)16)70-47-68(76(88-24-8)51-78(70)90-42-18-2)82(62-35-27-58(28-36-62)54(11)12)66-45-65(73(85-21-5)49-74(66)86-22-6)81(67)61-33-25-57(26-34-61)53(9)10/h17-40,45-56,81-84H,1-8,41-44H2,9-16H3. The van der Waals surface area contributed by atoms with Crippen LogP contribution in [0.1, 0.15) is 192 Å². The van der Waals surface area contributed by atoms with E-state index in [1.807, 2.05) is 24.3 Å². The summed E-state index contributed by atoms with van der Waals surface area (Å²) in [5, 5.41) is 0. The zero-order valence-corrected chi connectivity index (χ0v) is 54.8. The fraction of sp³-hybridized carbons (Fsp3) is 0.238. The first-order valence-electron chi connectivity index (χ1n) is 31.8. The third-order valence-electron chi connectivity index (χ3n) is 17.1. The summed E-state index contributed by atoms with van der Waals surface area (Å²) in [6.07, 6.45) is 12.8. The third-order valence-corrected chi connectivity index (χ3v) is 17.1. The van der Waals surface area contributed by atoms with Crippen molar-refractivity contribution in [2.75, 3.05) is 26.4 Å². The smallest absolute Gasteiger partial charge is 0.134 e. The maximum Gasteiger partial charge on any atom is 0.134 e. The first kappa shape index (κ1) is 66.5. The van der Waals surface area contributed by atoms with Crippen LogP contribution < -0.4 is 37.9 Å². The Labute approximate surface area is 546 Å². The van der Waals surface area contributed by atoms with Gasteiger partial charge in [-0.2, -0.15) is 0 Å². The molecule has 8 aromatic carbocycles. The molecule has 1 aliphatic carbocycles. The van der Waals surface area contributed by atoms with Crippen LogP contribution in [0, 0.1) is 0 Å². The van der Waals surface area contributed by atoms with Gasteiger partial charge in [-0.05, 0) is 92.4 Å². The van der Waals surface area contributed by atoms with Crippen molar-refractivity contribution in [2.45, 2.75) is 103 Å². The maximum absolute atomic E-state index is 6.99. The third kappa shape index (κ3) is 14.5. The molecule has 0 amide bonds. The Morgan fingerprint density at radius 1 is 0.261 bits per heavy atom. The molecule has 1 aliphatic rings. The lowest BCUT2D eigenvalue weighted by atomic mass is 9.74. The first-order valence-corrected chi connectivity index (χ1v) is 31.8. The molecule has 8 aromatic rings. The Morgan fingerprint density at radius 2 is 0.435 bits per heavy atom. The van der Waals surface area contributed by atoms with Crippen LogP contribution in [0.5, 0.6) is 46.0 Å². The van der Waals surface area contributed by atoms with Crippen LogP contribution in [0.25, 0.3) is 0 Å². The number of hydrogen-bond acceptors (Lipinski definition) is 8. The lowest BCUT2D eigenvalue weighted by Gasteiger charge is -2.32. The van der Waals surface area contributed by atoms with E-state index in [4.69, 9.17) is 37.9 Å². The van der Waals surface area contributed by atoms with Crippen LogP contribution in [0.15, 0.2) is 248 Å². The van der Waals surface area contributed by atoms with Gasteiger partial charge in [0.2, 0.25) is 0 Å². The molecule has 8 bridgehead atoms. The van der Waals surface area contributed by atoms with Gasteiger partial charge >= 0.3 is 0 Å². The molecule has 0 heterocycles. The van der Waals surface area contributed by atoms with Gasteiger partial charge < -0.3 is 37.9 Å². The Morgan fingerprint density at radius 3 is 0.609 bits per heavy atom. The van der Waals surface area contributed by atoms with E-state index in [2.05, 4.69) is 229 Å². The highest BCUT2D eigenvalue weighted by molar-refractivity contribution is 5.69. The Hall–Kier alpha value is -9.92. The summed E-state index contributed by atoms with van der Waals surface area (Å²) in [5.74, 6) is 2.69. The number of ether oxygens (including phenoxy) is 8. The van der Waals surface area contributed by atoms with Crippen LogP contribution in [0.4, 0.5) is 0 Å². The molecular formula is C84H88O8. The highest BCUT2D eigenvalue weighted by Gasteiger charge is 2.37. The number of rotatable bonds is 28. The van der Waals surface area contributed by atoms with Crippen LogP contribution in [0.3, 0.4) is 0 Å². The molecule has 0 radical (unpaired) electrons. The second-order valence-electron chi connectivity index (χ2n) is 24.3. The normalized spacial score (nSPS) is 15.0. The van der Waals surface area contributed by atoms with Gasteiger partial charge in [0.1, 0.15) is 72.4 Å². The second-order valence-corrected chi connectivity index (χ2v) is 24.3. The van der Waals surface area contributed by atoms with E-state index in [0.717, 1.165) is 66.8 Å². The number of benzene rings is 8. The molecule has 0 aromatic heterocycles. The second kappa shape index (κ2) is 30.7. The molecule has 0 saturated carbocycles. The van der Waals surface area contributed by atoms with Gasteiger partial charge in [0.15, 0.2) is 0 Å². The summed E-state index contributed by atoms with van der Waals surface area (Å²) >= 11 is 0. The topological polar surface area (TPSA) is 73.8 Å². The predicted molar refractivity (Wildman–Crippen MR) is 378 cm³/mol. The highest BCUT2D eigenvalue weighted by Crippen LogP contribution is 2.55. The SMILES string of the molecule is C=CCOc1cc(OC=C)c2cc1C(c1ccc(C(C)C)cc1)c1cc(c(OCC=C)cc1OCC=C)C(c1ccc(C(C)C)cc1)c1cc(c(OC=C)cc1OCC=C)C(c1ccc(C(C)C)cc1)c1cc(c(OC=C)cc1OC=C)C2c1ccc(C(C)C)cc1. The van der Waals surface area contributed by atoms with Crippen molar-refractivity contribution >= 4 is 0 Å². The molecule has 0 spiro atoms. The largest absolute Gasteiger partial charge is 0.489 e. The minimum atomic E-state index is -0.639. The molecular weight excluding hydrogens is 1140 g/mol. The van der Waals surface area contributed by atoms with Crippen molar-refractivity contribution in [1.82, 2.24) is 0 Å². The van der Waals surface area contributed by atoms with Crippen LogP contribution in [-0.2, 0) is 0 Å². The van der Waals surface area contributed by atoms with Crippen molar-refractivity contribution in [3.63, 3.8) is 0 Å². The van der Waals surface area contributed by atoms with E-state index in [1.54, 1.807) is 24.3 Å². The monoisotopic (exact) mass is 1220 g/mol. The Bertz CT molecular complexity index is 3690. The van der Waals surface area contributed by atoms with Gasteiger partial charge in [0, 0.05) is 92.4 Å². The molecule has 0 saturated heterocycles. The van der Waals surface area contributed by atoms with Crippen molar-refractivity contribution in [3.05, 3.63) is 337 Å². The van der Waals surface area contributed by atoms with Crippen LogP contribution in [0.2, 0.25) is 0 Å². The minimum absolute atomic E-state index is 0.180. The van der Waals surface area contributed by atoms with Crippen LogP contribution in [-0.4, -0.2) is 26.4 Å². The van der Waals surface area contributed by atoms with Gasteiger partial charge in [0.25, 0.3) is 0 Å². The molecule has 0 N–H and O–H groups in total. The first-order chi connectivity index (χ1) is 44.6. The summed E-state index contributed by atoms with van der Waals surface area (Å²) < 4.78 is 54.7. The van der Waals surface area contributed by atoms with Gasteiger partial charge in [-0.15, -0.1) is 0 Å². The molecule has 472 valence electrons. The van der Waals surface area contributed by atoms with Crippen molar-refractivity contribution in [1.29, 1.82) is 0 Å².